The molecule has 0 aliphatic heterocycles. The molecule has 2 N–H and O–H groups in total. The molecule has 0 spiro atoms. The standard InChI is InChI=1S/C14H16N2S.H2/c17-14-15-9-13(16-14)8-10-5-6-11-3-1-2-4-12(11)7-10;/h1-4,9-10H,5-8H2,(H2,15,16,17);1H/t10-;/m0./s1. The van der Waals surface area contributed by atoms with Gasteiger partial charge in [-0.1, -0.05) is 24.3 Å². The van der Waals surface area contributed by atoms with E-state index >= 15 is 0 Å². The van der Waals surface area contributed by atoms with Crippen LogP contribution in [0.5, 0.6) is 0 Å². The summed E-state index contributed by atoms with van der Waals surface area (Å²) in [4.78, 5) is 6.24. The smallest absolute Gasteiger partial charge is 0.174 e. The van der Waals surface area contributed by atoms with E-state index in [0.29, 0.717) is 0 Å². The topological polar surface area (TPSA) is 31.6 Å². The molecule has 1 aromatic heterocycles. The highest BCUT2D eigenvalue weighted by atomic mass is 32.1. The number of benzene rings is 1. The number of hydrogen-bond donors (Lipinski definition) is 2. The third kappa shape index (κ3) is 2.34. The Bertz CT molecular complexity index is 573. The molecule has 2 aromatic rings. The Morgan fingerprint density at radius 3 is 2.88 bits per heavy atom. The van der Waals surface area contributed by atoms with Gasteiger partial charge in [0.05, 0.1) is 0 Å². The molecule has 1 aliphatic carbocycles. The van der Waals surface area contributed by atoms with Crippen molar-refractivity contribution in [3.8, 4) is 0 Å². The number of fused-ring (bicyclic) bond motifs is 1. The molecule has 0 radical (unpaired) electrons. The number of H-pyrrole nitrogens is 2. The maximum Gasteiger partial charge on any atom is 0.174 e. The maximum absolute atomic E-state index is 5.05. The number of imidazole rings is 1. The minimum atomic E-state index is 0. The Balaban J connectivity index is 0.00000120. The molecule has 1 atom stereocenters. The van der Waals surface area contributed by atoms with E-state index in [2.05, 4.69) is 34.2 Å². The fourth-order valence-electron chi connectivity index (χ4n) is 2.74. The van der Waals surface area contributed by atoms with Crippen molar-refractivity contribution in [2.75, 3.05) is 0 Å². The monoisotopic (exact) mass is 246 g/mol. The molecule has 3 rings (SSSR count). The molecule has 2 nitrogen and oxygen atoms in total. The summed E-state index contributed by atoms with van der Waals surface area (Å²) in [5.74, 6) is 0.742. The maximum atomic E-state index is 5.05. The summed E-state index contributed by atoms with van der Waals surface area (Å²) < 4.78 is 0.733. The third-order valence-electron chi connectivity index (χ3n) is 3.61. The average molecular weight is 246 g/mol. The van der Waals surface area contributed by atoms with Crippen LogP contribution >= 0.6 is 12.2 Å². The summed E-state index contributed by atoms with van der Waals surface area (Å²) in [5, 5.41) is 0. The molecule has 0 saturated carbocycles. The SMILES string of the molecule is S=c1[nH]cc(C[C@H]2CCc3ccccc3C2)[nH]1.[HH]. The van der Waals surface area contributed by atoms with Crippen LogP contribution in [0, 0.1) is 10.7 Å². The van der Waals surface area contributed by atoms with E-state index < -0.39 is 0 Å². The zero-order valence-corrected chi connectivity index (χ0v) is 10.5. The predicted molar refractivity (Wildman–Crippen MR) is 73.8 cm³/mol. The average Bonchev–Trinajstić information content (AvgIpc) is 2.75. The van der Waals surface area contributed by atoms with Crippen LogP contribution in [0.25, 0.3) is 0 Å². The van der Waals surface area contributed by atoms with Gasteiger partial charge >= 0.3 is 0 Å². The molecule has 1 heterocycles. The van der Waals surface area contributed by atoms with Gasteiger partial charge < -0.3 is 9.97 Å². The minimum Gasteiger partial charge on any atom is -0.337 e. The van der Waals surface area contributed by atoms with E-state index in [1.807, 2.05) is 6.20 Å². The number of aromatic amines is 2. The highest BCUT2D eigenvalue weighted by Crippen LogP contribution is 2.27. The van der Waals surface area contributed by atoms with Crippen molar-refractivity contribution in [2.24, 2.45) is 5.92 Å². The summed E-state index contributed by atoms with van der Waals surface area (Å²) in [6, 6.07) is 8.81. The summed E-state index contributed by atoms with van der Waals surface area (Å²) in [7, 11) is 0. The second-order valence-electron chi connectivity index (χ2n) is 4.85. The van der Waals surface area contributed by atoms with Crippen LogP contribution in [0.1, 0.15) is 24.7 Å². The highest BCUT2D eigenvalue weighted by molar-refractivity contribution is 7.71. The van der Waals surface area contributed by atoms with E-state index in [4.69, 9.17) is 12.2 Å². The van der Waals surface area contributed by atoms with E-state index in [1.165, 1.54) is 36.1 Å². The minimum absolute atomic E-state index is 0. The quantitative estimate of drug-likeness (QED) is 0.778. The Morgan fingerprint density at radius 1 is 1.29 bits per heavy atom. The van der Waals surface area contributed by atoms with E-state index in [-0.39, 0.29) is 1.43 Å². The fourth-order valence-corrected chi connectivity index (χ4v) is 2.93. The summed E-state index contributed by atoms with van der Waals surface area (Å²) >= 11 is 5.05. The third-order valence-corrected chi connectivity index (χ3v) is 3.83. The van der Waals surface area contributed by atoms with Gasteiger partial charge in [-0.2, -0.15) is 0 Å². The van der Waals surface area contributed by atoms with Crippen molar-refractivity contribution in [1.29, 1.82) is 0 Å². The van der Waals surface area contributed by atoms with Crippen LogP contribution in [-0.2, 0) is 19.3 Å². The van der Waals surface area contributed by atoms with Gasteiger partial charge in [0.25, 0.3) is 0 Å². The molecule has 0 fully saturated rings. The lowest BCUT2D eigenvalue weighted by atomic mass is 9.82. The van der Waals surface area contributed by atoms with Gasteiger partial charge in [-0.05, 0) is 54.9 Å². The summed E-state index contributed by atoms with van der Waals surface area (Å²) in [6.07, 6.45) is 6.79. The number of nitrogens with one attached hydrogen (secondary N) is 2. The first-order valence-corrected chi connectivity index (χ1v) is 6.55. The van der Waals surface area contributed by atoms with Crippen LogP contribution < -0.4 is 0 Å². The molecule has 0 unspecified atom stereocenters. The Hall–Kier alpha value is -1.35. The summed E-state index contributed by atoms with van der Waals surface area (Å²) in [5.41, 5.74) is 4.29. The van der Waals surface area contributed by atoms with Crippen LogP contribution in [0.15, 0.2) is 30.5 Å². The lowest BCUT2D eigenvalue weighted by molar-refractivity contribution is 0.452. The van der Waals surface area contributed by atoms with Crippen molar-refractivity contribution in [1.82, 2.24) is 9.97 Å². The zero-order chi connectivity index (χ0) is 11.7. The van der Waals surface area contributed by atoms with Gasteiger partial charge in [0.15, 0.2) is 4.77 Å². The predicted octanol–water partition coefficient (Wildman–Crippen LogP) is 3.67. The van der Waals surface area contributed by atoms with E-state index in [9.17, 15) is 0 Å². The molecular formula is C14H18N2S. The van der Waals surface area contributed by atoms with Gasteiger partial charge in [0.2, 0.25) is 0 Å². The lowest BCUT2D eigenvalue weighted by Crippen LogP contribution is -2.16. The number of rotatable bonds is 2. The number of aromatic nitrogens is 2. The van der Waals surface area contributed by atoms with Gasteiger partial charge in [0.1, 0.15) is 0 Å². The molecular weight excluding hydrogens is 228 g/mol. The largest absolute Gasteiger partial charge is 0.337 e. The first-order valence-electron chi connectivity index (χ1n) is 6.14. The first-order chi connectivity index (χ1) is 8.31. The van der Waals surface area contributed by atoms with Crippen LogP contribution in [0.2, 0.25) is 0 Å². The van der Waals surface area contributed by atoms with E-state index in [1.54, 1.807) is 0 Å². The Kier molecular flexibility index (Phi) is 2.85. The lowest BCUT2D eigenvalue weighted by Gasteiger charge is -2.23. The van der Waals surface area contributed by atoms with Crippen LogP contribution in [0.4, 0.5) is 0 Å². The number of aryl methyl sites for hydroxylation is 1. The van der Waals surface area contributed by atoms with E-state index in [0.717, 1.165) is 17.1 Å². The summed E-state index contributed by atoms with van der Waals surface area (Å²) in [6.45, 7) is 0. The van der Waals surface area contributed by atoms with Crippen molar-refractivity contribution < 1.29 is 1.43 Å². The second kappa shape index (κ2) is 4.49. The Labute approximate surface area is 108 Å². The normalized spacial score (nSPS) is 18.9. The number of hydrogen-bond acceptors (Lipinski definition) is 1. The second-order valence-corrected chi connectivity index (χ2v) is 5.26. The van der Waals surface area contributed by atoms with Gasteiger partial charge in [-0.25, -0.2) is 0 Å². The molecule has 1 aromatic carbocycles. The molecule has 90 valence electrons. The first kappa shape index (κ1) is 10.8. The van der Waals surface area contributed by atoms with Gasteiger partial charge in [-0.3, -0.25) is 0 Å². The van der Waals surface area contributed by atoms with Gasteiger partial charge in [-0.15, -0.1) is 0 Å². The molecule has 1 aliphatic rings. The molecule has 3 heteroatoms. The Morgan fingerprint density at radius 2 is 2.12 bits per heavy atom. The fraction of sp³-hybridized carbons (Fsp3) is 0.357. The molecule has 0 amide bonds. The van der Waals surface area contributed by atoms with Crippen molar-refractivity contribution in [3.05, 3.63) is 52.1 Å². The van der Waals surface area contributed by atoms with Crippen molar-refractivity contribution >= 4 is 12.2 Å². The molecule has 0 bridgehead atoms. The highest BCUT2D eigenvalue weighted by Gasteiger charge is 2.18. The molecule has 17 heavy (non-hydrogen) atoms. The van der Waals surface area contributed by atoms with Crippen LogP contribution in [-0.4, -0.2) is 9.97 Å². The van der Waals surface area contributed by atoms with Gasteiger partial charge in [0, 0.05) is 13.3 Å². The van der Waals surface area contributed by atoms with Crippen molar-refractivity contribution in [3.63, 3.8) is 0 Å². The molecule has 0 saturated heterocycles. The zero-order valence-electron chi connectivity index (χ0n) is 9.70. The van der Waals surface area contributed by atoms with Crippen molar-refractivity contribution in [2.45, 2.75) is 25.7 Å². The van der Waals surface area contributed by atoms with Crippen LogP contribution in [0.3, 0.4) is 0 Å².